The quantitative estimate of drug-likeness (QED) is 0.377. The molecular formula is C23H26N4O3S. The van der Waals surface area contributed by atoms with Crippen LogP contribution in [-0.2, 0) is 22.5 Å². The SMILES string of the molecule is CCCOC(=O)c1ccc(NC(=O)CSc2nnc(Cc3ccccc3)n2CC)cc1. The molecule has 3 aromatic rings. The minimum absolute atomic E-state index is 0.151. The molecule has 2 aromatic carbocycles. The van der Waals surface area contributed by atoms with Crippen LogP contribution >= 0.6 is 11.8 Å². The zero-order valence-corrected chi connectivity index (χ0v) is 18.5. The van der Waals surface area contributed by atoms with Gasteiger partial charge in [0.1, 0.15) is 5.82 Å². The smallest absolute Gasteiger partial charge is 0.338 e. The van der Waals surface area contributed by atoms with Gasteiger partial charge in [0.15, 0.2) is 5.16 Å². The lowest BCUT2D eigenvalue weighted by Crippen LogP contribution is -2.15. The molecule has 0 saturated carbocycles. The van der Waals surface area contributed by atoms with Crippen molar-refractivity contribution in [2.45, 2.75) is 38.4 Å². The topological polar surface area (TPSA) is 86.1 Å². The lowest BCUT2D eigenvalue weighted by atomic mass is 10.1. The molecule has 0 aliphatic heterocycles. The summed E-state index contributed by atoms with van der Waals surface area (Å²) in [5.41, 5.74) is 2.25. The summed E-state index contributed by atoms with van der Waals surface area (Å²) in [6, 6.07) is 16.8. The number of hydrogen-bond donors (Lipinski definition) is 1. The second-order valence-corrected chi connectivity index (χ2v) is 7.80. The first-order valence-electron chi connectivity index (χ1n) is 10.3. The van der Waals surface area contributed by atoms with Crippen LogP contribution in [0.15, 0.2) is 59.8 Å². The molecule has 31 heavy (non-hydrogen) atoms. The Hall–Kier alpha value is -3.13. The first-order valence-corrected chi connectivity index (χ1v) is 11.2. The summed E-state index contributed by atoms with van der Waals surface area (Å²) in [5, 5.41) is 12.1. The van der Waals surface area contributed by atoms with E-state index in [0.717, 1.165) is 23.9 Å². The van der Waals surface area contributed by atoms with E-state index in [1.807, 2.05) is 36.6 Å². The molecule has 0 aliphatic rings. The normalized spacial score (nSPS) is 10.6. The zero-order chi connectivity index (χ0) is 22.1. The van der Waals surface area contributed by atoms with Crippen LogP contribution in [0.2, 0.25) is 0 Å². The number of aromatic nitrogens is 3. The van der Waals surface area contributed by atoms with Gasteiger partial charge in [-0.2, -0.15) is 0 Å². The predicted molar refractivity (Wildman–Crippen MR) is 121 cm³/mol. The lowest BCUT2D eigenvalue weighted by molar-refractivity contribution is -0.113. The fourth-order valence-electron chi connectivity index (χ4n) is 2.95. The Bertz CT molecular complexity index is 1000. The van der Waals surface area contributed by atoms with Crippen LogP contribution in [0, 0.1) is 0 Å². The molecule has 0 bridgehead atoms. The van der Waals surface area contributed by atoms with Gasteiger partial charge in [-0.25, -0.2) is 4.79 Å². The Morgan fingerprint density at radius 1 is 1.03 bits per heavy atom. The van der Waals surface area contributed by atoms with Gasteiger partial charge in [0, 0.05) is 18.7 Å². The monoisotopic (exact) mass is 438 g/mol. The number of ether oxygens (including phenoxy) is 1. The summed E-state index contributed by atoms with van der Waals surface area (Å²) in [5.74, 6) is 0.577. The van der Waals surface area contributed by atoms with Crippen molar-refractivity contribution >= 4 is 29.3 Å². The molecule has 0 fully saturated rings. The van der Waals surface area contributed by atoms with E-state index in [1.54, 1.807) is 24.3 Å². The number of carbonyl (C=O) groups is 2. The van der Waals surface area contributed by atoms with E-state index in [4.69, 9.17) is 4.74 Å². The maximum atomic E-state index is 12.4. The van der Waals surface area contributed by atoms with Crippen LogP contribution in [0.5, 0.6) is 0 Å². The summed E-state index contributed by atoms with van der Waals surface area (Å²) in [6.07, 6.45) is 1.47. The molecule has 8 heteroatoms. The highest BCUT2D eigenvalue weighted by atomic mass is 32.2. The van der Waals surface area contributed by atoms with E-state index in [-0.39, 0.29) is 17.6 Å². The van der Waals surface area contributed by atoms with Gasteiger partial charge in [0.2, 0.25) is 5.91 Å². The van der Waals surface area contributed by atoms with E-state index in [9.17, 15) is 9.59 Å². The number of amides is 1. The molecular weight excluding hydrogens is 412 g/mol. The van der Waals surface area contributed by atoms with E-state index < -0.39 is 0 Å². The van der Waals surface area contributed by atoms with Crippen molar-refractivity contribution in [3.63, 3.8) is 0 Å². The Morgan fingerprint density at radius 3 is 2.45 bits per heavy atom. The van der Waals surface area contributed by atoms with Crippen molar-refractivity contribution in [3.05, 3.63) is 71.5 Å². The Labute approximate surface area is 186 Å². The second kappa shape index (κ2) is 11.3. The third kappa shape index (κ3) is 6.42. The van der Waals surface area contributed by atoms with E-state index >= 15 is 0 Å². The van der Waals surface area contributed by atoms with Crippen molar-refractivity contribution < 1.29 is 14.3 Å². The van der Waals surface area contributed by atoms with Gasteiger partial charge >= 0.3 is 5.97 Å². The largest absolute Gasteiger partial charge is 0.462 e. The summed E-state index contributed by atoms with van der Waals surface area (Å²) in [6.45, 7) is 5.10. The molecule has 162 valence electrons. The van der Waals surface area contributed by atoms with Crippen molar-refractivity contribution in [2.75, 3.05) is 17.7 Å². The van der Waals surface area contributed by atoms with Crippen LogP contribution in [0.3, 0.4) is 0 Å². The number of nitrogens with zero attached hydrogens (tertiary/aromatic N) is 3. The summed E-state index contributed by atoms with van der Waals surface area (Å²) in [7, 11) is 0. The van der Waals surface area contributed by atoms with Crippen molar-refractivity contribution in [1.82, 2.24) is 14.8 Å². The van der Waals surface area contributed by atoms with Gasteiger partial charge in [0.05, 0.1) is 17.9 Å². The van der Waals surface area contributed by atoms with Crippen molar-refractivity contribution in [3.8, 4) is 0 Å². The Kier molecular flexibility index (Phi) is 8.23. The summed E-state index contributed by atoms with van der Waals surface area (Å²) < 4.78 is 7.13. The highest BCUT2D eigenvalue weighted by Gasteiger charge is 2.14. The maximum Gasteiger partial charge on any atom is 0.338 e. The van der Waals surface area contributed by atoms with Crippen molar-refractivity contribution in [2.24, 2.45) is 0 Å². The minimum Gasteiger partial charge on any atom is -0.462 e. The average molecular weight is 439 g/mol. The zero-order valence-electron chi connectivity index (χ0n) is 17.7. The molecule has 0 aliphatic carbocycles. The first-order chi connectivity index (χ1) is 15.1. The molecule has 1 N–H and O–H groups in total. The number of nitrogens with one attached hydrogen (secondary N) is 1. The Morgan fingerprint density at radius 2 is 1.77 bits per heavy atom. The van der Waals surface area contributed by atoms with Crippen LogP contribution in [0.25, 0.3) is 0 Å². The molecule has 0 unspecified atom stereocenters. The van der Waals surface area contributed by atoms with Crippen LogP contribution < -0.4 is 5.32 Å². The molecule has 1 heterocycles. The highest BCUT2D eigenvalue weighted by molar-refractivity contribution is 7.99. The Balaban J connectivity index is 1.54. The molecule has 3 rings (SSSR count). The van der Waals surface area contributed by atoms with E-state index in [0.29, 0.717) is 24.3 Å². The number of benzene rings is 2. The van der Waals surface area contributed by atoms with Crippen molar-refractivity contribution in [1.29, 1.82) is 0 Å². The van der Waals surface area contributed by atoms with Gasteiger partial charge in [0.25, 0.3) is 0 Å². The third-order valence-corrected chi connectivity index (χ3v) is 5.46. The second-order valence-electron chi connectivity index (χ2n) is 6.86. The summed E-state index contributed by atoms with van der Waals surface area (Å²) in [4.78, 5) is 24.2. The van der Waals surface area contributed by atoms with Gasteiger partial charge in [-0.05, 0) is 43.2 Å². The number of thioether (sulfide) groups is 1. The molecule has 1 amide bonds. The summed E-state index contributed by atoms with van der Waals surface area (Å²) >= 11 is 1.35. The number of hydrogen-bond acceptors (Lipinski definition) is 6. The van der Waals surface area contributed by atoms with Crippen LogP contribution in [-0.4, -0.2) is 39.0 Å². The molecule has 0 spiro atoms. The van der Waals surface area contributed by atoms with Crippen LogP contribution in [0.4, 0.5) is 5.69 Å². The fourth-order valence-corrected chi connectivity index (χ4v) is 3.77. The van der Waals surface area contributed by atoms with Gasteiger partial charge in [-0.15, -0.1) is 10.2 Å². The fraction of sp³-hybridized carbons (Fsp3) is 0.304. The van der Waals surface area contributed by atoms with Crippen LogP contribution in [0.1, 0.15) is 42.0 Å². The number of esters is 1. The molecule has 0 atom stereocenters. The number of carbonyl (C=O) groups excluding carboxylic acids is 2. The standard InChI is InChI=1S/C23H26N4O3S/c1-3-14-30-22(29)18-10-12-19(13-11-18)24-21(28)16-31-23-26-25-20(27(23)4-2)15-17-8-6-5-7-9-17/h5-13H,3-4,14-16H2,1-2H3,(H,24,28). The van der Waals surface area contributed by atoms with E-state index in [1.165, 1.54) is 17.3 Å². The highest BCUT2D eigenvalue weighted by Crippen LogP contribution is 2.19. The molecule has 7 nitrogen and oxygen atoms in total. The predicted octanol–water partition coefficient (Wildman–Crippen LogP) is 4.19. The molecule has 0 radical (unpaired) electrons. The van der Waals surface area contributed by atoms with E-state index in [2.05, 4.69) is 27.6 Å². The lowest BCUT2D eigenvalue weighted by Gasteiger charge is -2.08. The van der Waals surface area contributed by atoms with Gasteiger partial charge in [-0.3, -0.25) is 4.79 Å². The third-order valence-electron chi connectivity index (χ3n) is 4.49. The van der Waals surface area contributed by atoms with Gasteiger partial charge < -0.3 is 14.6 Å². The average Bonchev–Trinajstić information content (AvgIpc) is 3.18. The number of anilines is 1. The first kappa shape index (κ1) is 22.6. The molecule has 1 aromatic heterocycles. The maximum absolute atomic E-state index is 12.4. The van der Waals surface area contributed by atoms with Gasteiger partial charge in [-0.1, -0.05) is 49.0 Å². The number of rotatable bonds is 10. The molecule has 0 saturated heterocycles. The minimum atomic E-state index is -0.361.